The lowest BCUT2D eigenvalue weighted by molar-refractivity contribution is -0.179. The lowest BCUT2D eigenvalue weighted by Gasteiger charge is -2.55. The predicted octanol–water partition coefficient (Wildman–Crippen LogP) is 3.08. The second kappa shape index (κ2) is 10.3. The van der Waals surface area contributed by atoms with Crippen molar-refractivity contribution in [3.8, 4) is 5.75 Å². The van der Waals surface area contributed by atoms with E-state index in [4.69, 9.17) is 16.3 Å². The Morgan fingerprint density at radius 2 is 1.92 bits per heavy atom. The van der Waals surface area contributed by atoms with Gasteiger partial charge in [0.25, 0.3) is 5.91 Å². The second-order valence-corrected chi connectivity index (χ2v) is 10.6. The molecular formula is C24H30ClF4N3O4. The number of alkyl halides is 3. The number of carbonyl (C=O) groups is 2. The molecule has 4 N–H and O–H groups in total. The molecule has 1 saturated heterocycles. The van der Waals surface area contributed by atoms with Crippen molar-refractivity contribution in [3.05, 3.63) is 29.0 Å². The van der Waals surface area contributed by atoms with E-state index in [0.29, 0.717) is 32.1 Å². The Morgan fingerprint density at radius 3 is 2.50 bits per heavy atom. The molecule has 2 bridgehead atoms. The first kappa shape index (κ1) is 26.9. The Morgan fingerprint density at radius 1 is 1.19 bits per heavy atom. The van der Waals surface area contributed by atoms with E-state index in [1.165, 1.54) is 12.1 Å². The van der Waals surface area contributed by atoms with E-state index in [1.807, 2.05) is 0 Å². The summed E-state index contributed by atoms with van der Waals surface area (Å²) in [5.41, 5.74) is -1.64. The summed E-state index contributed by atoms with van der Waals surface area (Å²) in [5, 5.41) is 19.4. The molecule has 4 fully saturated rings. The number of carbonyl (C=O) groups excluding carboxylic acids is 2. The van der Waals surface area contributed by atoms with Crippen LogP contribution in [0.4, 0.5) is 17.6 Å². The number of aliphatic hydroxyl groups is 1. The van der Waals surface area contributed by atoms with Crippen LogP contribution in [0.3, 0.4) is 0 Å². The Bertz CT molecular complexity index is 977. The average Bonchev–Trinajstić information content (AvgIpc) is 2.83. The number of rotatable bonds is 7. The zero-order valence-electron chi connectivity index (χ0n) is 19.6. The lowest BCUT2D eigenvalue weighted by atomic mass is 9.55. The van der Waals surface area contributed by atoms with Crippen molar-refractivity contribution in [2.24, 2.45) is 11.3 Å². The van der Waals surface area contributed by atoms with Gasteiger partial charge in [0.15, 0.2) is 6.61 Å². The van der Waals surface area contributed by atoms with Crippen LogP contribution in [-0.2, 0) is 9.59 Å². The van der Waals surface area contributed by atoms with Gasteiger partial charge in [-0.05, 0) is 57.1 Å². The molecule has 7 nitrogen and oxygen atoms in total. The maximum Gasteiger partial charge on any atom is 0.393 e. The summed E-state index contributed by atoms with van der Waals surface area (Å²) in [6, 6.07) is 3.62. The molecule has 1 heterocycles. The van der Waals surface area contributed by atoms with Crippen LogP contribution in [0.5, 0.6) is 5.75 Å². The van der Waals surface area contributed by atoms with Gasteiger partial charge in [-0.15, -0.1) is 0 Å². The normalized spacial score (nSPS) is 32.1. The zero-order chi connectivity index (χ0) is 26.1. The van der Waals surface area contributed by atoms with E-state index >= 15 is 0 Å². The molecule has 0 spiro atoms. The minimum absolute atomic E-state index is 0.0176. The minimum Gasteiger partial charge on any atom is -0.484 e. The molecule has 3 atom stereocenters. The quantitative estimate of drug-likeness (QED) is 0.402. The van der Waals surface area contributed by atoms with Crippen LogP contribution in [0.15, 0.2) is 18.2 Å². The number of ether oxygens (including phenoxy) is 1. The van der Waals surface area contributed by atoms with E-state index in [1.54, 1.807) is 0 Å². The summed E-state index contributed by atoms with van der Waals surface area (Å²) in [4.78, 5) is 25.6. The zero-order valence-corrected chi connectivity index (χ0v) is 20.4. The standard InChI is InChI=1S/C24H30ClF4N3O4/c25-17-4-3-16(9-18(17)26)36-13-20(34)32-22-5-7-23(8-6-22,19(33)10-22)21(35)31-12-15-2-1-14(11-30-15)24(27,28)29/h3-4,9,14-15,19,30,33H,1-2,5-8,10-13H2,(H,31,35)(H,32,34). The Hall–Kier alpha value is -2.11. The largest absolute Gasteiger partial charge is 0.484 e. The lowest BCUT2D eigenvalue weighted by Crippen LogP contribution is -2.66. The van der Waals surface area contributed by atoms with E-state index < -0.39 is 40.9 Å². The number of hydrogen-bond donors (Lipinski definition) is 4. The number of hydrogen-bond acceptors (Lipinski definition) is 5. The van der Waals surface area contributed by atoms with Gasteiger partial charge in [-0.25, -0.2) is 4.39 Å². The van der Waals surface area contributed by atoms with Gasteiger partial charge in [0.2, 0.25) is 5.91 Å². The van der Waals surface area contributed by atoms with Crippen LogP contribution >= 0.6 is 11.6 Å². The van der Waals surface area contributed by atoms with Gasteiger partial charge in [-0.3, -0.25) is 9.59 Å². The van der Waals surface area contributed by atoms with E-state index in [9.17, 15) is 32.3 Å². The monoisotopic (exact) mass is 535 g/mol. The summed E-state index contributed by atoms with van der Waals surface area (Å²) in [6.45, 7) is -0.312. The SMILES string of the molecule is O=C(COc1ccc(Cl)c(F)c1)NC12CCC(C(=O)NCC3CCC(C(F)(F)F)CN3)(CC1)C(O)C2. The predicted molar refractivity (Wildman–Crippen MR) is 123 cm³/mol. The van der Waals surface area contributed by atoms with Gasteiger partial charge in [0.05, 0.1) is 22.5 Å². The number of amides is 2. The molecule has 1 aliphatic heterocycles. The number of aliphatic hydroxyl groups excluding tert-OH is 1. The van der Waals surface area contributed by atoms with Crippen molar-refractivity contribution in [1.82, 2.24) is 16.0 Å². The van der Waals surface area contributed by atoms with E-state index in [-0.39, 0.29) is 55.3 Å². The van der Waals surface area contributed by atoms with Crippen LogP contribution < -0.4 is 20.7 Å². The maximum absolute atomic E-state index is 13.5. The summed E-state index contributed by atoms with van der Waals surface area (Å²) < 4.78 is 57.4. The van der Waals surface area contributed by atoms with Gasteiger partial charge in [-0.2, -0.15) is 13.2 Å². The fraction of sp³-hybridized carbons (Fsp3) is 0.667. The van der Waals surface area contributed by atoms with E-state index in [0.717, 1.165) is 6.07 Å². The topological polar surface area (TPSA) is 99.7 Å². The molecule has 200 valence electrons. The highest BCUT2D eigenvalue weighted by molar-refractivity contribution is 6.30. The number of halogens is 5. The molecule has 12 heteroatoms. The minimum atomic E-state index is -4.23. The highest BCUT2D eigenvalue weighted by atomic mass is 35.5. The van der Waals surface area contributed by atoms with Crippen molar-refractivity contribution < 1.29 is 37.0 Å². The molecule has 3 saturated carbocycles. The van der Waals surface area contributed by atoms with Gasteiger partial charge < -0.3 is 25.8 Å². The summed E-state index contributed by atoms with van der Waals surface area (Å²) in [7, 11) is 0. The van der Waals surface area contributed by atoms with E-state index in [2.05, 4.69) is 16.0 Å². The van der Waals surface area contributed by atoms with Crippen LogP contribution in [0.1, 0.15) is 44.9 Å². The first-order chi connectivity index (χ1) is 16.9. The number of piperidine rings is 1. The van der Waals surface area contributed by atoms with Crippen LogP contribution in [0.2, 0.25) is 5.02 Å². The third kappa shape index (κ3) is 5.73. The first-order valence-electron chi connectivity index (χ1n) is 12.1. The molecule has 2 amide bonds. The molecule has 1 aromatic rings. The third-order valence-corrected chi connectivity index (χ3v) is 8.23. The summed E-state index contributed by atoms with van der Waals surface area (Å²) >= 11 is 5.64. The van der Waals surface area contributed by atoms with Crippen molar-refractivity contribution >= 4 is 23.4 Å². The van der Waals surface area contributed by atoms with Crippen molar-refractivity contribution in [1.29, 1.82) is 0 Å². The number of nitrogens with one attached hydrogen (secondary N) is 3. The smallest absolute Gasteiger partial charge is 0.393 e. The van der Waals surface area contributed by atoms with Crippen molar-refractivity contribution in [2.75, 3.05) is 19.7 Å². The highest BCUT2D eigenvalue weighted by Gasteiger charge is 2.58. The van der Waals surface area contributed by atoms with Crippen molar-refractivity contribution in [3.63, 3.8) is 0 Å². The van der Waals surface area contributed by atoms with Gasteiger partial charge >= 0.3 is 6.18 Å². The van der Waals surface area contributed by atoms with Gasteiger partial charge in [-0.1, -0.05) is 11.6 Å². The van der Waals surface area contributed by atoms with Crippen LogP contribution in [0.25, 0.3) is 0 Å². The Labute approximate surface area is 211 Å². The summed E-state index contributed by atoms with van der Waals surface area (Å²) in [5.74, 6) is -2.59. The molecule has 3 aliphatic carbocycles. The fourth-order valence-electron chi connectivity index (χ4n) is 5.64. The number of benzene rings is 1. The molecule has 3 unspecified atom stereocenters. The number of fused-ring (bicyclic) bond motifs is 3. The molecular weight excluding hydrogens is 506 g/mol. The maximum atomic E-state index is 13.5. The molecule has 0 aromatic heterocycles. The molecule has 1 aromatic carbocycles. The average molecular weight is 536 g/mol. The summed E-state index contributed by atoms with van der Waals surface area (Å²) in [6.07, 6.45) is -2.94. The third-order valence-electron chi connectivity index (χ3n) is 7.93. The molecule has 36 heavy (non-hydrogen) atoms. The second-order valence-electron chi connectivity index (χ2n) is 10.2. The fourth-order valence-corrected chi connectivity index (χ4v) is 5.76. The first-order valence-corrected chi connectivity index (χ1v) is 12.5. The van der Waals surface area contributed by atoms with Crippen molar-refractivity contribution in [2.45, 2.75) is 68.8 Å². The van der Waals surface area contributed by atoms with Crippen LogP contribution in [0, 0.1) is 17.2 Å². The van der Waals surface area contributed by atoms with Gasteiger partial charge in [0.1, 0.15) is 11.6 Å². The molecule has 0 radical (unpaired) electrons. The van der Waals surface area contributed by atoms with Gasteiger partial charge in [0, 0.05) is 30.7 Å². The highest BCUT2D eigenvalue weighted by Crippen LogP contribution is 2.52. The molecule has 5 rings (SSSR count). The Balaban J connectivity index is 1.25. The van der Waals surface area contributed by atoms with Crippen LogP contribution in [-0.4, -0.2) is 60.5 Å². The Kier molecular flexibility index (Phi) is 7.73. The molecule has 4 aliphatic rings.